The molecule has 0 amide bonds. The van der Waals surface area contributed by atoms with Crippen LogP contribution in [0.1, 0.15) is 11.1 Å². The van der Waals surface area contributed by atoms with E-state index in [2.05, 4.69) is 0 Å². The van der Waals surface area contributed by atoms with Crippen LogP contribution in [0.15, 0.2) is 17.0 Å². The number of nitro groups is 1. The van der Waals surface area contributed by atoms with Gasteiger partial charge in [0.2, 0.25) is 0 Å². The summed E-state index contributed by atoms with van der Waals surface area (Å²) >= 11 is -2.43. The molecule has 0 aliphatic rings. The van der Waals surface area contributed by atoms with Gasteiger partial charge < -0.3 is 4.55 Å². The van der Waals surface area contributed by atoms with E-state index in [1.807, 2.05) is 0 Å². The van der Waals surface area contributed by atoms with E-state index in [1.165, 1.54) is 19.1 Å². The number of nitrogens with zero attached hydrogens (tertiary/aromatic N) is 1. The van der Waals surface area contributed by atoms with Crippen molar-refractivity contribution in [3.05, 3.63) is 33.4 Å². The first-order valence-corrected chi connectivity index (χ1v) is 4.86. The third kappa shape index (κ3) is 3.09. The Morgan fingerprint density at radius 1 is 1.33 bits per heavy atom. The molecule has 7 heteroatoms. The topological polar surface area (TPSA) is 83.3 Å². The van der Waals surface area contributed by atoms with E-state index in [0.717, 1.165) is 0 Å². The van der Waals surface area contributed by atoms with Crippen molar-refractivity contribution in [3.63, 3.8) is 0 Å². The molecule has 0 aliphatic carbocycles. The van der Waals surface area contributed by atoms with Gasteiger partial charge in [-0.2, -0.15) is 0 Å². The SMILES string of the molecule is Cc1ccc([N+](=O)[O-])c(C)c1S(=O)[O-].[Na+]. The third-order valence-electron chi connectivity index (χ3n) is 1.94. The van der Waals surface area contributed by atoms with Gasteiger partial charge >= 0.3 is 29.6 Å². The summed E-state index contributed by atoms with van der Waals surface area (Å²) in [7, 11) is 0. The van der Waals surface area contributed by atoms with Gasteiger partial charge in [-0.1, -0.05) is 6.07 Å². The van der Waals surface area contributed by atoms with Gasteiger partial charge in [0.15, 0.2) is 0 Å². The number of hydrogen-bond acceptors (Lipinski definition) is 4. The van der Waals surface area contributed by atoms with Gasteiger partial charge in [-0.3, -0.25) is 14.3 Å². The van der Waals surface area contributed by atoms with Crippen molar-refractivity contribution in [1.29, 1.82) is 0 Å². The first kappa shape index (κ1) is 14.7. The molecule has 5 nitrogen and oxygen atoms in total. The Morgan fingerprint density at radius 2 is 1.87 bits per heavy atom. The standard InChI is InChI=1S/C8H9NO4S.Na/c1-5-3-4-7(9(10)11)6(2)8(5)14(12)13;/h3-4H,1-2H3,(H,12,13);/q;+1/p-1. The van der Waals surface area contributed by atoms with Gasteiger partial charge in [0.1, 0.15) is 0 Å². The molecule has 0 spiro atoms. The van der Waals surface area contributed by atoms with E-state index < -0.39 is 16.0 Å². The van der Waals surface area contributed by atoms with Crippen LogP contribution in [0.2, 0.25) is 0 Å². The number of aryl methyl sites for hydroxylation is 1. The molecule has 0 aromatic heterocycles. The molecule has 0 radical (unpaired) electrons. The first-order chi connectivity index (χ1) is 6.45. The Bertz CT molecular complexity index is 421. The molecule has 1 rings (SSSR count). The minimum atomic E-state index is -2.43. The van der Waals surface area contributed by atoms with Crippen LogP contribution in [0.4, 0.5) is 5.69 Å². The van der Waals surface area contributed by atoms with Crippen molar-refractivity contribution in [2.45, 2.75) is 18.7 Å². The minimum absolute atomic E-state index is 0. The summed E-state index contributed by atoms with van der Waals surface area (Å²) in [6, 6.07) is 2.73. The average Bonchev–Trinajstić information content (AvgIpc) is 2.02. The summed E-state index contributed by atoms with van der Waals surface area (Å²) in [5.74, 6) is 0. The molecular weight excluding hydrogens is 229 g/mol. The molecule has 1 unspecified atom stereocenters. The number of benzene rings is 1. The number of rotatable bonds is 2. The Hall–Kier alpha value is -0.270. The van der Waals surface area contributed by atoms with E-state index in [1.54, 1.807) is 6.92 Å². The second-order valence-electron chi connectivity index (χ2n) is 2.85. The Kier molecular flexibility index (Phi) is 5.61. The number of nitro benzene ring substituents is 1. The van der Waals surface area contributed by atoms with Crippen LogP contribution >= 0.6 is 0 Å². The predicted molar refractivity (Wildman–Crippen MR) is 49.8 cm³/mol. The van der Waals surface area contributed by atoms with Gasteiger partial charge in [0.25, 0.3) is 5.69 Å². The van der Waals surface area contributed by atoms with Crippen LogP contribution in [-0.2, 0) is 11.1 Å². The second-order valence-corrected chi connectivity index (χ2v) is 3.73. The van der Waals surface area contributed by atoms with E-state index in [9.17, 15) is 18.9 Å². The molecular formula is C8H8NNaO4S. The molecule has 0 heterocycles. The summed E-state index contributed by atoms with van der Waals surface area (Å²) in [5, 5.41) is 10.5. The van der Waals surface area contributed by atoms with E-state index in [0.29, 0.717) is 5.56 Å². The molecule has 0 saturated heterocycles. The fourth-order valence-corrected chi connectivity index (χ4v) is 1.96. The van der Waals surface area contributed by atoms with E-state index in [-0.39, 0.29) is 45.7 Å². The predicted octanol–water partition coefficient (Wildman–Crippen LogP) is -1.55. The van der Waals surface area contributed by atoms with Crippen LogP contribution in [0, 0.1) is 24.0 Å². The zero-order valence-electron chi connectivity index (χ0n) is 8.64. The fraction of sp³-hybridized carbons (Fsp3) is 0.250. The average molecular weight is 237 g/mol. The maximum atomic E-state index is 10.8. The van der Waals surface area contributed by atoms with Crippen molar-refractivity contribution < 1.29 is 43.2 Å². The van der Waals surface area contributed by atoms with Crippen LogP contribution in [0.5, 0.6) is 0 Å². The fourth-order valence-electron chi connectivity index (χ4n) is 1.27. The summed E-state index contributed by atoms with van der Waals surface area (Å²) in [4.78, 5) is 9.93. The monoisotopic (exact) mass is 237 g/mol. The summed E-state index contributed by atoms with van der Waals surface area (Å²) in [6.07, 6.45) is 0. The Labute approximate surface area is 112 Å². The van der Waals surface area contributed by atoms with Crippen LogP contribution < -0.4 is 29.6 Å². The number of hydrogen-bond donors (Lipinski definition) is 0. The third-order valence-corrected chi connectivity index (χ3v) is 2.90. The zero-order chi connectivity index (χ0) is 10.9. The second kappa shape index (κ2) is 5.72. The quantitative estimate of drug-likeness (QED) is 0.270. The van der Waals surface area contributed by atoms with Crippen molar-refractivity contribution >= 4 is 16.8 Å². The molecule has 0 fully saturated rings. The smallest absolute Gasteiger partial charge is 0.768 e. The molecule has 0 aliphatic heterocycles. The molecule has 0 N–H and O–H groups in total. The van der Waals surface area contributed by atoms with Gasteiger partial charge in [-0.05, 0) is 30.5 Å². The summed E-state index contributed by atoms with van der Waals surface area (Å²) in [6.45, 7) is 3.03. The van der Waals surface area contributed by atoms with Crippen LogP contribution in [-0.4, -0.2) is 13.7 Å². The molecule has 0 bridgehead atoms. The normalized spacial score (nSPS) is 11.7. The summed E-state index contributed by atoms with van der Waals surface area (Å²) < 4.78 is 21.6. The van der Waals surface area contributed by atoms with Crippen LogP contribution in [0.3, 0.4) is 0 Å². The molecule has 0 saturated carbocycles. The minimum Gasteiger partial charge on any atom is -0.768 e. The largest absolute Gasteiger partial charge is 1.00 e. The van der Waals surface area contributed by atoms with Crippen LogP contribution in [0.25, 0.3) is 0 Å². The van der Waals surface area contributed by atoms with Crippen molar-refractivity contribution in [1.82, 2.24) is 0 Å². The molecule has 1 aromatic carbocycles. The zero-order valence-corrected chi connectivity index (χ0v) is 11.5. The maximum absolute atomic E-state index is 10.8. The van der Waals surface area contributed by atoms with Crippen molar-refractivity contribution in [2.75, 3.05) is 0 Å². The van der Waals surface area contributed by atoms with E-state index in [4.69, 9.17) is 0 Å². The Balaban J connectivity index is 0.00000196. The first-order valence-electron chi connectivity index (χ1n) is 3.79. The molecule has 15 heavy (non-hydrogen) atoms. The molecule has 76 valence electrons. The van der Waals surface area contributed by atoms with Crippen molar-refractivity contribution in [2.24, 2.45) is 0 Å². The summed E-state index contributed by atoms with van der Waals surface area (Å²) in [5.41, 5.74) is 0.527. The van der Waals surface area contributed by atoms with Gasteiger partial charge in [-0.15, -0.1) is 0 Å². The van der Waals surface area contributed by atoms with Crippen molar-refractivity contribution in [3.8, 4) is 0 Å². The molecule has 1 aromatic rings. The van der Waals surface area contributed by atoms with Gasteiger partial charge in [0.05, 0.1) is 4.92 Å². The molecule has 1 atom stereocenters. The Morgan fingerprint density at radius 3 is 2.27 bits per heavy atom. The van der Waals surface area contributed by atoms with E-state index >= 15 is 0 Å². The maximum Gasteiger partial charge on any atom is 1.00 e. The van der Waals surface area contributed by atoms with Gasteiger partial charge in [0, 0.05) is 16.5 Å². The van der Waals surface area contributed by atoms with Gasteiger partial charge in [-0.25, -0.2) is 0 Å².